The average molecular weight is 331 g/mol. The van der Waals surface area contributed by atoms with Gasteiger partial charge < -0.3 is 0 Å². The zero-order valence-electron chi connectivity index (χ0n) is 12.5. The van der Waals surface area contributed by atoms with Crippen molar-refractivity contribution in [3.8, 4) is 0 Å². The molecule has 0 bridgehead atoms. The normalized spacial score (nSPS) is 20.3. The van der Waals surface area contributed by atoms with Gasteiger partial charge in [-0.25, -0.2) is 13.1 Å². The van der Waals surface area contributed by atoms with Crippen LogP contribution in [-0.2, 0) is 15.8 Å². The Labute approximate surface area is 132 Å². The molecule has 1 aromatic rings. The second-order valence-corrected chi connectivity index (χ2v) is 8.11. The maximum absolute atomic E-state index is 12.2. The van der Waals surface area contributed by atoms with Gasteiger partial charge in [-0.3, -0.25) is 4.90 Å². The van der Waals surface area contributed by atoms with Crippen molar-refractivity contribution in [1.82, 2.24) is 9.62 Å². The van der Waals surface area contributed by atoms with E-state index in [1.807, 2.05) is 0 Å². The van der Waals surface area contributed by atoms with Crippen molar-refractivity contribution in [2.75, 3.05) is 13.1 Å². The van der Waals surface area contributed by atoms with Crippen molar-refractivity contribution < 1.29 is 8.42 Å². The molecule has 0 amide bonds. The van der Waals surface area contributed by atoms with E-state index in [1.165, 1.54) is 0 Å². The second-order valence-electron chi connectivity index (χ2n) is 5.87. The fourth-order valence-corrected chi connectivity index (χ4v) is 4.26. The smallest absolute Gasteiger partial charge is 0.215 e. The lowest BCUT2D eigenvalue weighted by molar-refractivity contribution is 0.205. The Morgan fingerprint density at radius 1 is 1.43 bits per heavy atom. The van der Waals surface area contributed by atoms with Crippen molar-refractivity contribution in [2.45, 2.75) is 44.5 Å². The number of halogens is 1. The van der Waals surface area contributed by atoms with Crippen LogP contribution in [-0.4, -0.2) is 38.5 Å². The van der Waals surface area contributed by atoms with Gasteiger partial charge in [-0.1, -0.05) is 23.7 Å². The summed E-state index contributed by atoms with van der Waals surface area (Å²) in [5, 5.41) is 0.560. The fourth-order valence-electron chi connectivity index (χ4n) is 2.88. The molecule has 1 N–H and O–H groups in total. The Balaban J connectivity index is 1.92. The summed E-state index contributed by atoms with van der Waals surface area (Å²) in [5.74, 6) is -0.0258. The molecule has 0 aliphatic carbocycles. The first kappa shape index (κ1) is 16.7. The first-order valence-corrected chi connectivity index (χ1v) is 9.38. The summed E-state index contributed by atoms with van der Waals surface area (Å²) in [4.78, 5) is 2.36. The molecular formula is C15H23ClN2O2S. The van der Waals surface area contributed by atoms with E-state index in [4.69, 9.17) is 11.6 Å². The van der Waals surface area contributed by atoms with Gasteiger partial charge in [0.15, 0.2) is 0 Å². The number of rotatable bonds is 6. The van der Waals surface area contributed by atoms with Crippen LogP contribution in [0.4, 0.5) is 0 Å². The number of benzene rings is 1. The van der Waals surface area contributed by atoms with Crippen LogP contribution < -0.4 is 4.72 Å². The Kier molecular flexibility index (Phi) is 5.66. The Morgan fingerprint density at radius 2 is 2.19 bits per heavy atom. The van der Waals surface area contributed by atoms with Gasteiger partial charge in [-0.05, 0) is 50.9 Å². The van der Waals surface area contributed by atoms with Crippen molar-refractivity contribution in [1.29, 1.82) is 0 Å². The highest BCUT2D eigenvalue weighted by atomic mass is 35.5. The van der Waals surface area contributed by atoms with Gasteiger partial charge >= 0.3 is 0 Å². The number of nitrogens with one attached hydrogen (secondary N) is 1. The predicted molar refractivity (Wildman–Crippen MR) is 86.9 cm³/mol. The number of likely N-dealkylation sites (tertiary alicyclic amines) is 1. The molecule has 6 heteroatoms. The summed E-state index contributed by atoms with van der Waals surface area (Å²) < 4.78 is 27.1. The highest BCUT2D eigenvalue weighted by Gasteiger charge is 2.27. The summed E-state index contributed by atoms with van der Waals surface area (Å²) in [7, 11) is -3.32. The van der Waals surface area contributed by atoms with E-state index < -0.39 is 10.0 Å². The van der Waals surface area contributed by atoms with Gasteiger partial charge in [0.1, 0.15) is 0 Å². The molecule has 1 fully saturated rings. The molecule has 1 aliphatic rings. The predicted octanol–water partition coefficient (Wildman–Crippen LogP) is 2.63. The first-order chi connectivity index (χ1) is 9.87. The molecule has 4 nitrogen and oxygen atoms in total. The van der Waals surface area contributed by atoms with E-state index in [1.54, 1.807) is 24.3 Å². The topological polar surface area (TPSA) is 49.4 Å². The minimum Gasteiger partial charge on any atom is -0.297 e. The Morgan fingerprint density at radius 3 is 2.86 bits per heavy atom. The van der Waals surface area contributed by atoms with E-state index in [9.17, 15) is 8.42 Å². The molecule has 2 rings (SSSR count). The number of hydrogen-bond donors (Lipinski definition) is 1. The molecule has 118 valence electrons. The van der Waals surface area contributed by atoms with E-state index >= 15 is 0 Å². The zero-order valence-corrected chi connectivity index (χ0v) is 14.1. The highest BCUT2D eigenvalue weighted by Crippen LogP contribution is 2.19. The zero-order chi connectivity index (χ0) is 15.5. The third-order valence-corrected chi connectivity index (χ3v) is 5.43. The van der Waals surface area contributed by atoms with Crippen LogP contribution in [0.2, 0.25) is 5.02 Å². The molecule has 1 saturated heterocycles. The molecule has 1 aliphatic heterocycles. The van der Waals surface area contributed by atoms with Crippen molar-refractivity contribution in [2.24, 2.45) is 0 Å². The molecule has 1 atom stereocenters. The summed E-state index contributed by atoms with van der Waals surface area (Å²) in [5.41, 5.74) is 0.710. The molecule has 21 heavy (non-hydrogen) atoms. The fraction of sp³-hybridized carbons (Fsp3) is 0.600. The van der Waals surface area contributed by atoms with Gasteiger partial charge in [0, 0.05) is 23.7 Å². The quantitative estimate of drug-likeness (QED) is 0.872. The Hall–Kier alpha value is -0.620. The van der Waals surface area contributed by atoms with Crippen LogP contribution in [0.15, 0.2) is 24.3 Å². The number of hydrogen-bond acceptors (Lipinski definition) is 3. The lowest BCUT2D eigenvalue weighted by Crippen LogP contribution is -2.43. The molecule has 1 heterocycles. The maximum Gasteiger partial charge on any atom is 0.215 e. The number of sulfonamides is 1. The average Bonchev–Trinajstić information content (AvgIpc) is 2.84. The van der Waals surface area contributed by atoms with E-state index in [0.717, 1.165) is 19.4 Å². The Bertz CT molecular complexity index is 575. The van der Waals surface area contributed by atoms with E-state index in [0.29, 0.717) is 29.2 Å². The van der Waals surface area contributed by atoms with Gasteiger partial charge in [0.05, 0.1) is 5.75 Å². The van der Waals surface area contributed by atoms with Crippen LogP contribution in [0.25, 0.3) is 0 Å². The largest absolute Gasteiger partial charge is 0.297 e. The van der Waals surface area contributed by atoms with Gasteiger partial charge in [0.25, 0.3) is 0 Å². The molecule has 0 aromatic heterocycles. The summed E-state index contributed by atoms with van der Waals surface area (Å²) in [6.07, 6.45) is 2.19. The summed E-state index contributed by atoms with van der Waals surface area (Å²) in [6.45, 7) is 5.84. The van der Waals surface area contributed by atoms with Crippen LogP contribution in [0.5, 0.6) is 0 Å². The van der Waals surface area contributed by atoms with Crippen molar-refractivity contribution in [3.63, 3.8) is 0 Å². The van der Waals surface area contributed by atoms with Crippen LogP contribution in [0, 0.1) is 0 Å². The van der Waals surface area contributed by atoms with Crippen molar-refractivity contribution in [3.05, 3.63) is 34.9 Å². The molecular weight excluding hydrogens is 308 g/mol. The van der Waals surface area contributed by atoms with Gasteiger partial charge in [-0.15, -0.1) is 0 Å². The monoisotopic (exact) mass is 330 g/mol. The van der Waals surface area contributed by atoms with Crippen LogP contribution in [0.3, 0.4) is 0 Å². The SMILES string of the molecule is CC(C)N1CCCC1CNS(=O)(=O)Cc1cccc(Cl)c1. The molecule has 1 unspecified atom stereocenters. The summed E-state index contributed by atoms with van der Waals surface area (Å²) in [6, 6.07) is 7.74. The van der Waals surface area contributed by atoms with E-state index in [-0.39, 0.29) is 5.75 Å². The van der Waals surface area contributed by atoms with Crippen molar-refractivity contribution >= 4 is 21.6 Å². The lowest BCUT2D eigenvalue weighted by Gasteiger charge is -2.28. The first-order valence-electron chi connectivity index (χ1n) is 7.35. The lowest BCUT2D eigenvalue weighted by atomic mass is 10.2. The number of nitrogens with zero attached hydrogens (tertiary/aromatic N) is 1. The van der Waals surface area contributed by atoms with Crippen LogP contribution >= 0.6 is 11.6 Å². The molecule has 0 spiro atoms. The molecule has 0 saturated carbocycles. The minimum atomic E-state index is -3.32. The second kappa shape index (κ2) is 7.09. The molecule has 0 radical (unpaired) electrons. The summed E-state index contributed by atoms with van der Waals surface area (Å²) >= 11 is 5.89. The van der Waals surface area contributed by atoms with Gasteiger partial charge in [0.2, 0.25) is 10.0 Å². The van der Waals surface area contributed by atoms with Crippen LogP contribution in [0.1, 0.15) is 32.3 Å². The highest BCUT2D eigenvalue weighted by molar-refractivity contribution is 7.88. The third kappa shape index (κ3) is 4.95. The third-order valence-electron chi connectivity index (χ3n) is 3.87. The standard InChI is InChI=1S/C15H23ClN2O2S/c1-12(2)18-8-4-7-15(18)10-17-21(19,20)11-13-5-3-6-14(16)9-13/h3,5-6,9,12,15,17H,4,7-8,10-11H2,1-2H3. The minimum absolute atomic E-state index is 0.0258. The van der Waals surface area contributed by atoms with E-state index in [2.05, 4.69) is 23.5 Å². The van der Waals surface area contributed by atoms with Gasteiger partial charge in [-0.2, -0.15) is 0 Å². The molecule has 1 aromatic carbocycles. The maximum atomic E-state index is 12.2.